The summed E-state index contributed by atoms with van der Waals surface area (Å²) in [6.45, 7) is 1.86. The molecular formula is C13H17ClFNO2. The SMILES string of the molecule is COc1c(Cl)cc(C2CCNCC2)c(OC)c1F. The molecule has 3 nitrogen and oxygen atoms in total. The van der Waals surface area contributed by atoms with Crippen LogP contribution in [0.5, 0.6) is 11.5 Å². The fourth-order valence-corrected chi connectivity index (χ4v) is 2.71. The molecule has 0 bridgehead atoms. The normalized spacial score (nSPS) is 16.7. The molecule has 0 unspecified atom stereocenters. The lowest BCUT2D eigenvalue weighted by atomic mass is 9.89. The Morgan fingerprint density at radius 3 is 2.39 bits per heavy atom. The first kappa shape index (κ1) is 13.4. The molecule has 1 fully saturated rings. The van der Waals surface area contributed by atoms with Crippen molar-refractivity contribution < 1.29 is 13.9 Å². The summed E-state index contributed by atoms with van der Waals surface area (Å²) in [6.07, 6.45) is 1.91. The van der Waals surface area contributed by atoms with Crippen LogP contribution in [0.3, 0.4) is 0 Å². The highest BCUT2D eigenvalue weighted by molar-refractivity contribution is 6.32. The van der Waals surface area contributed by atoms with Gasteiger partial charge in [-0.05, 0) is 37.9 Å². The third-order valence-corrected chi connectivity index (χ3v) is 3.63. The van der Waals surface area contributed by atoms with Gasteiger partial charge in [0.05, 0.1) is 19.2 Å². The average molecular weight is 274 g/mol. The molecule has 1 heterocycles. The molecular weight excluding hydrogens is 257 g/mol. The molecule has 0 aliphatic carbocycles. The quantitative estimate of drug-likeness (QED) is 0.918. The van der Waals surface area contributed by atoms with Gasteiger partial charge < -0.3 is 14.8 Å². The Morgan fingerprint density at radius 1 is 1.22 bits per heavy atom. The standard InChI is InChI=1S/C13H17ClFNO2/c1-17-12-9(8-3-5-16-6-4-8)7-10(14)13(18-2)11(12)15/h7-8,16H,3-6H2,1-2H3. The second kappa shape index (κ2) is 5.76. The first-order valence-corrected chi connectivity index (χ1v) is 6.37. The Bertz CT molecular complexity index is 433. The van der Waals surface area contributed by atoms with Crippen LogP contribution in [0.15, 0.2) is 6.07 Å². The van der Waals surface area contributed by atoms with E-state index in [0.29, 0.717) is 5.02 Å². The van der Waals surface area contributed by atoms with E-state index in [0.717, 1.165) is 31.5 Å². The van der Waals surface area contributed by atoms with Gasteiger partial charge >= 0.3 is 0 Å². The molecule has 2 rings (SSSR count). The molecule has 1 aromatic carbocycles. The molecule has 0 aromatic heterocycles. The van der Waals surface area contributed by atoms with Crippen molar-refractivity contribution >= 4 is 11.6 Å². The van der Waals surface area contributed by atoms with Crippen LogP contribution in [-0.2, 0) is 0 Å². The van der Waals surface area contributed by atoms with Crippen LogP contribution in [0.4, 0.5) is 4.39 Å². The van der Waals surface area contributed by atoms with E-state index >= 15 is 0 Å². The third kappa shape index (κ3) is 2.40. The van der Waals surface area contributed by atoms with Crippen LogP contribution >= 0.6 is 11.6 Å². The van der Waals surface area contributed by atoms with Gasteiger partial charge in [0, 0.05) is 5.56 Å². The van der Waals surface area contributed by atoms with Gasteiger partial charge in [-0.1, -0.05) is 11.6 Å². The molecule has 0 atom stereocenters. The molecule has 0 amide bonds. The molecule has 0 radical (unpaired) electrons. The highest BCUT2D eigenvalue weighted by Crippen LogP contribution is 2.42. The summed E-state index contributed by atoms with van der Waals surface area (Å²) in [5, 5.41) is 3.58. The molecule has 1 saturated heterocycles. The second-order valence-corrected chi connectivity index (χ2v) is 4.76. The first-order chi connectivity index (χ1) is 8.69. The topological polar surface area (TPSA) is 30.5 Å². The number of nitrogens with one attached hydrogen (secondary N) is 1. The lowest BCUT2D eigenvalue weighted by molar-refractivity contribution is 0.340. The summed E-state index contributed by atoms with van der Waals surface area (Å²) in [6, 6.07) is 1.76. The zero-order valence-corrected chi connectivity index (χ0v) is 11.3. The summed E-state index contributed by atoms with van der Waals surface area (Å²) in [5.74, 6) is 0.0643. The molecule has 0 saturated carbocycles. The van der Waals surface area contributed by atoms with Gasteiger partial charge in [0.2, 0.25) is 5.82 Å². The van der Waals surface area contributed by atoms with Crippen molar-refractivity contribution in [1.82, 2.24) is 5.32 Å². The van der Waals surface area contributed by atoms with E-state index in [1.807, 2.05) is 0 Å². The minimum atomic E-state index is -0.513. The highest BCUT2D eigenvalue weighted by atomic mass is 35.5. The third-order valence-electron chi connectivity index (χ3n) is 3.35. The minimum absolute atomic E-state index is 0.0474. The monoisotopic (exact) mass is 273 g/mol. The smallest absolute Gasteiger partial charge is 0.208 e. The Morgan fingerprint density at radius 2 is 1.83 bits per heavy atom. The molecule has 1 aromatic rings. The summed E-state index contributed by atoms with van der Waals surface area (Å²) in [7, 11) is 2.87. The van der Waals surface area contributed by atoms with Gasteiger partial charge in [-0.15, -0.1) is 0 Å². The molecule has 1 aliphatic heterocycles. The number of ether oxygens (including phenoxy) is 2. The van der Waals surface area contributed by atoms with Crippen LogP contribution in [0, 0.1) is 5.82 Å². The van der Waals surface area contributed by atoms with Gasteiger partial charge in [0.15, 0.2) is 11.5 Å². The summed E-state index contributed by atoms with van der Waals surface area (Å²) >= 11 is 6.05. The van der Waals surface area contributed by atoms with E-state index in [4.69, 9.17) is 21.1 Å². The van der Waals surface area contributed by atoms with Crippen molar-refractivity contribution in [1.29, 1.82) is 0 Å². The van der Waals surface area contributed by atoms with Crippen LogP contribution in [0.1, 0.15) is 24.3 Å². The number of halogens is 2. The van der Waals surface area contributed by atoms with Crippen LogP contribution < -0.4 is 14.8 Å². The number of piperidine rings is 1. The molecule has 18 heavy (non-hydrogen) atoms. The van der Waals surface area contributed by atoms with Gasteiger partial charge in [0.1, 0.15) is 0 Å². The number of methoxy groups -OCH3 is 2. The Labute approximate surface area is 111 Å². The van der Waals surface area contributed by atoms with Crippen molar-refractivity contribution in [3.8, 4) is 11.5 Å². The Kier molecular flexibility index (Phi) is 4.30. The van der Waals surface area contributed by atoms with E-state index in [1.165, 1.54) is 14.2 Å². The number of hydrogen-bond acceptors (Lipinski definition) is 3. The van der Waals surface area contributed by atoms with E-state index in [2.05, 4.69) is 5.32 Å². The van der Waals surface area contributed by atoms with Gasteiger partial charge in [-0.25, -0.2) is 0 Å². The fourth-order valence-electron chi connectivity index (χ4n) is 2.43. The van der Waals surface area contributed by atoms with Crippen LogP contribution in [0.25, 0.3) is 0 Å². The fraction of sp³-hybridized carbons (Fsp3) is 0.538. The summed E-state index contributed by atoms with van der Waals surface area (Å²) in [5.41, 5.74) is 0.835. The first-order valence-electron chi connectivity index (χ1n) is 5.99. The summed E-state index contributed by atoms with van der Waals surface area (Å²) in [4.78, 5) is 0. The lowest BCUT2D eigenvalue weighted by Crippen LogP contribution is -2.27. The zero-order valence-electron chi connectivity index (χ0n) is 10.6. The molecule has 5 heteroatoms. The second-order valence-electron chi connectivity index (χ2n) is 4.35. The van der Waals surface area contributed by atoms with Gasteiger partial charge in [-0.3, -0.25) is 0 Å². The van der Waals surface area contributed by atoms with E-state index in [1.54, 1.807) is 6.07 Å². The Balaban J connectivity index is 2.45. The molecule has 1 N–H and O–H groups in total. The Hall–Kier alpha value is -1.00. The van der Waals surface area contributed by atoms with Crippen LogP contribution in [-0.4, -0.2) is 27.3 Å². The van der Waals surface area contributed by atoms with Crippen molar-refractivity contribution in [3.05, 3.63) is 22.5 Å². The predicted octanol–water partition coefficient (Wildman–Crippen LogP) is 2.96. The number of benzene rings is 1. The van der Waals surface area contributed by atoms with E-state index in [-0.39, 0.29) is 17.4 Å². The summed E-state index contributed by atoms with van der Waals surface area (Å²) < 4.78 is 24.4. The lowest BCUT2D eigenvalue weighted by Gasteiger charge is -2.25. The van der Waals surface area contributed by atoms with E-state index < -0.39 is 5.82 Å². The molecule has 100 valence electrons. The average Bonchev–Trinajstić information content (AvgIpc) is 2.39. The van der Waals surface area contributed by atoms with Crippen molar-refractivity contribution in [2.24, 2.45) is 0 Å². The predicted molar refractivity (Wildman–Crippen MR) is 69.4 cm³/mol. The minimum Gasteiger partial charge on any atom is -0.493 e. The maximum absolute atomic E-state index is 14.2. The van der Waals surface area contributed by atoms with Gasteiger partial charge in [-0.2, -0.15) is 4.39 Å². The van der Waals surface area contributed by atoms with Crippen molar-refractivity contribution in [2.75, 3.05) is 27.3 Å². The number of rotatable bonds is 3. The molecule has 0 spiro atoms. The highest BCUT2D eigenvalue weighted by Gasteiger charge is 2.25. The van der Waals surface area contributed by atoms with Crippen molar-refractivity contribution in [2.45, 2.75) is 18.8 Å². The maximum atomic E-state index is 14.2. The van der Waals surface area contributed by atoms with Crippen LogP contribution in [0.2, 0.25) is 5.02 Å². The zero-order chi connectivity index (χ0) is 13.1. The van der Waals surface area contributed by atoms with E-state index in [9.17, 15) is 4.39 Å². The maximum Gasteiger partial charge on any atom is 0.208 e. The molecule has 1 aliphatic rings. The largest absolute Gasteiger partial charge is 0.493 e. The van der Waals surface area contributed by atoms with Crippen molar-refractivity contribution in [3.63, 3.8) is 0 Å². The van der Waals surface area contributed by atoms with Gasteiger partial charge in [0.25, 0.3) is 0 Å². The number of hydrogen-bond donors (Lipinski definition) is 1.